The van der Waals surface area contributed by atoms with E-state index in [0.29, 0.717) is 5.92 Å². The van der Waals surface area contributed by atoms with Crippen molar-refractivity contribution in [2.45, 2.75) is 31.8 Å². The molecule has 0 aromatic heterocycles. The van der Waals surface area contributed by atoms with Crippen LogP contribution in [0.3, 0.4) is 0 Å². The molecule has 1 aromatic carbocycles. The molecule has 2 heteroatoms. The Morgan fingerprint density at radius 3 is 2.80 bits per heavy atom. The molecule has 0 saturated carbocycles. The Kier molecular flexibility index (Phi) is 2.81. The minimum atomic E-state index is -0.734. The van der Waals surface area contributed by atoms with Crippen LogP contribution in [0.25, 0.3) is 0 Å². The average Bonchev–Trinajstić information content (AvgIpc) is 2.69. The topological polar surface area (TPSA) is 32.3 Å². The van der Waals surface area contributed by atoms with Gasteiger partial charge in [-0.3, -0.25) is 0 Å². The molecule has 1 saturated heterocycles. The van der Waals surface area contributed by atoms with Crippen LogP contribution in [0.5, 0.6) is 0 Å². The Bertz CT molecular complexity index is 335. The molecule has 0 aliphatic carbocycles. The molecule has 2 nitrogen and oxygen atoms in total. The first-order valence-electron chi connectivity index (χ1n) is 5.61. The summed E-state index contributed by atoms with van der Waals surface area (Å²) in [6.45, 7) is 5.84. The molecule has 0 amide bonds. The van der Waals surface area contributed by atoms with Crippen LogP contribution < -0.4 is 5.32 Å². The molecule has 1 aromatic rings. The zero-order valence-electron chi connectivity index (χ0n) is 9.46. The Labute approximate surface area is 91.3 Å². The van der Waals surface area contributed by atoms with Crippen LogP contribution in [-0.4, -0.2) is 18.2 Å². The first-order chi connectivity index (χ1) is 7.07. The molecule has 2 rings (SSSR count). The van der Waals surface area contributed by atoms with Crippen LogP contribution >= 0.6 is 0 Å². The second-order valence-electron chi connectivity index (χ2n) is 4.87. The predicted molar refractivity (Wildman–Crippen MR) is 61.9 cm³/mol. The molecule has 1 fully saturated rings. The van der Waals surface area contributed by atoms with E-state index in [1.165, 1.54) is 12.0 Å². The van der Waals surface area contributed by atoms with E-state index >= 15 is 0 Å². The molecule has 1 aliphatic heterocycles. The van der Waals surface area contributed by atoms with Crippen LogP contribution in [0, 0.1) is 0 Å². The zero-order chi connectivity index (χ0) is 10.9. The maximum atomic E-state index is 9.94. The van der Waals surface area contributed by atoms with Crippen LogP contribution in [0.4, 0.5) is 0 Å². The average molecular weight is 205 g/mol. The van der Waals surface area contributed by atoms with Crippen molar-refractivity contribution in [2.75, 3.05) is 13.1 Å². The van der Waals surface area contributed by atoms with E-state index in [1.54, 1.807) is 0 Å². The highest BCUT2D eigenvalue weighted by molar-refractivity contribution is 5.30. The van der Waals surface area contributed by atoms with Gasteiger partial charge in [0.25, 0.3) is 0 Å². The minimum absolute atomic E-state index is 0.618. The third-order valence-corrected chi connectivity index (χ3v) is 3.12. The van der Waals surface area contributed by atoms with Gasteiger partial charge in [0.15, 0.2) is 0 Å². The van der Waals surface area contributed by atoms with Crippen molar-refractivity contribution < 1.29 is 5.11 Å². The van der Waals surface area contributed by atoms with Gasteiger partial charge in [0.05, 0.1) is 5.60 Å². The molecule has 1 unspecified atom stereocenters. The number of rotatable bonds is 2. The fourth-order valence-electron chi connectivity index (χ4n) is 2.11. The smallest absolute Gasteiger partial charge is 0.0840 e. The lowest BCUT2D eigenvalue weighted by Crippen LogP contribution is -2.16. The van der Waals surface area contributed by atoms with Gasteiger partial charge in [-0.25, -0.2) is 0 Å². The maximum Gasteiger partial charge on any atom is 0.0840 e. The summed E-state index contributed by atoms with van der Waals surface area (Å²) in [5.41, 5.74) is 1.62. The standard InChI is InChI=1S/C13H19NO/c1-13(2,15)12-5-3-4-10(8-12)11-6-7-14-9-11/h3-5,8,11,14-15H,6-7,9H2,1-2H3. The monoisotopic (exact) mass is 205 g/mol. The fraction of sp³-hybridized carbons (Fsp3) is 0.538. The summed E-state index contributed by atoms with van der Waals surface area (Å²) in [7, 11) is 0. The van der Waals surface area contributed by atoms with Crippen molar-refractivity contribution in [3.05, 3.63) is 35.4 Å². The second kappa shape index (κ2) is 3.95. The normalized spacial score (nSPS) is 21.9. The van der Waals surface area contributed by atoms with E-state index in [9.17, 15) is 5.11 Å². The van der Waals surface area contributed by atoms with E-state index in [1.807, 2.05) is 26.0 Å². The van der Waals surface area contributed by atoms with Crippen molar-refractivity contribution >= 4 is 0 Å². The third kappa shape index (κ3) is 2.39. The van der Waals surface area contributed by atoms with E-state index in [0.717, 1.165) is 18.7 Å². The predicted octanol–water partition coefficient (Wildman–Crippen LogP) is 1.99. The molecule has 2 N–H and O–H groups in total. The summed E-state index contributed by atoms with van der Waals surface area (Å²) in [6.07, 6.45) is 1.20. The second-order valence-corrected chi connectivity index (χ2v) is 4.87. The van der Waals surface area contributed by atoms with E-state index in [2.05, 4.69) is 17.4 Å². The molecule has 1 atom stereocenters. The number of benzene rings is 1. The van der Waals surface area contributed by atoms with Gasteiger partial charge in [-0.05, 0) is 43.9 Å². The highest BCUT2D eigenvalue weighted by Crippen LogP contribution is 2.27. The lowest BCUT2D eigenvalue weighted by atomic mass is 9.91. The first-order valence-corrected chi connectivity index (χ1v) is 5.61. The Hall–Kier alpha value is -0.860. The SMILES string of the molecule is CC(C)(O)c1cccc(C2CCNC2)c1. The van der Waals surface area contributed by atoms with Crippen molar-refractivity contribution in [3.63, 3.8) is 0 Å². The quantitative estimate of drug-likeness (QED) is 0.774. The van der Waals surface area contributed by atoms with Gasteiger partial charge in [0.2, 0.25) is 0 Å². The summed E-state index contributed by atoms with van der Waals surface area (Å²) in [5, 5.41) is 13.3. The molecule has 0 spiro atoms. The lowest BCUT2D eigenvalue weighted by molar-refractivity contribution is 0.0785. The van der Waals surface area contributed by atoms with Gasteiger partial charge in [0.1, 0.15) is 0 Å². The number of hydrogen-bond donors (Lipinski definition) is 2. The molecule has 1 heterocycles. The van der Waals surface area contributed by atoms with Gasteiger partial charge in [-0.2, -0.15) is 0 Å². The molecule has 82 valence electrons. The van der Waals surface area contributed by atoms with Crippen LogP contribution in [0.1, 0.15) is 37.3 Å². The van der Waals surface area contributed by atoms with Crippen LogP contribution in [-0.2, 0) is 5.60 Å². The highest BCUT2D eigenvalue weighted by Gasteiger charge is 2.20. The Morgan fingerprint density at radius 1 is 1.40 bits per heavy atom. The van der Waals surface area contributed by atoms with E-state index < -0.39 is 5.60 Å². The number of nitrogens with one attached hydrogen (secondary N) is 1. The van der Waals surface area contributed by atoms with Crippen molar-refractivity contribution in [2.24, 2.45) is 0 Å². The molecule has 0 bridgehead atoms. The first kappa shape index (κ1) is 10.7. The lowest BCUT2D eigenvalue weighted by Gasteiger charge is -2.19. The number of aliphatic hydroxyl groups is 1. The van der Waals surface area contributed by atoms with Gasteiger partial charge >= 0.3 is 0 Å². The summed E-state index contributed by atoms with van der Waals surface area (Å²) in [6, 6.07) is 8.33. The van der Waals surface area contributed by atoms with Crippen molar-refractivity contribution in [1.82, 2.24) is 5.32 Å². The van der Waals surface area contributed by atoms with Crippen molar-refractivity contribution in [3.8, 4) is 0 Å². The Morgan fingerprint density at radius 2 is 2.20 bits per heavy atom. The Balaban J connectivity index is 2.26. The van der Waals surface area contributed by atoms with Gasteiger partial charge in [0, 0.05) is 6.54 Å². The fourth-order valence-corrected chi connectivity index (χ4v) is 2.11. The van der Waals surface area contributed by atoms with E-state index in [-0.39, 0.29) is 0 Å². The molecular formula is C13H19NO. The van der Waals surface area contributed by atoms with Crippen LogP contribution in [0.15, 0.2) is 24.3 Å². The maximum absolute atomic E-state index is 9.94. The summed E-state index contributed by atoms with van der Waals surface area (Å²) in [5.74, 6) is 0.618. The minimum Gasteiger partial charge on any atom is -0.386 e. The molecule has 15 heavy (non-hydrogen) atoms. The third-order valence-electron chi connectivity index (χ3n) is 3.12. The summed E-state index contributed by atoms with van der Waals surface area (Å²) in [4.78, 5) is 0. The van der Waals surface area contributed by atoms with Crippen LogP contribution in [0.2, 0.25) is 0 Å². The molecule has 1 aliphatic rings. The number of hydrogen-bond acceptors (Lipinski definition) is 2. The summed E-state index contributed by atoms with van der Waals surface area (Å²) >= 11 is 0. The largest absolute Gasteiger partial charge is 0.386 e. The summed E-state index contributed by atoms with van der Waals surface area (Å²) < 4.78 is 0. The van der Waals surface area contributed by atoms with E-state index in [4.69, 9.17) is 0 Å². The highest BCUT2D eigenvalue weighted by atomic mass is 16.3. The van der Waals surface area contributed by atoms with Crippen molar-refractivity contribution in [1.29, 1.82) is 0 Å². The zero-order valence-corrected chi connectivity index (χ0v) is 9.46. The molecular weight excluding hydrogens is 186 g/mol. The van der Waals surface area contributed by atoms with Gasteiger partial charge in [-0.15, -0.1) is 0 Å². The van der Waals surface area contributed by atoms with Gasteiger partial charge < -0.3 is 10.4 Å². The molecule has 0 radical (unpaired) electrons. The van der Waals surface area contributed by atoms with Gasteiger partial charge in [-0.1, -0.05) is 24.3 Å².